The van der Waals surface area contributed by atoms with Crippen LogP contribution in [0.2, 0.25) is 0 Å². The van der Waals surface area contributed by atoms with Crippen molar-refractivity contribution >= 4 is 17.1 Å². The number of carbonyl (C=O) groups is 1. The van der Waals surface area contributed by atoms with Crippen molar-refractivity contribution in [3.8, 4) is 0 Å². The van der Waals surface area contributed by atoms with Crippen molar-refractivity contribution in [1.29, 1.82) is 0 Å². The van der Waals surface area contributed by atoms with E-state index in [-0.39, 0.29) is 12.3 Å². The minimum atomic E-state index is -0.571. The molecule has 102 valence electrons. The van der Waals surface area contributed by atoms with Gasteiger partial charge in [-0.25, -0.2) is 15.6 Å². The Kier molecular flexibility index (Phi) is 2.84. The molecule has 0 spiro atoms. The van der Waals surface area contributed by atoms with Crippen molar-refractivity contribution in [2.75, 3.05) is 0 Å². The van der Waals surface area contributed by atoms with Crippen LogP contribution in [0.25, 0.3) is 11.2 Å². The van der Waals surface area contributed by atoms with E-state index in [0.717, 1.165) is 0 Å². The number of rotatable bonds is 3. The van der Waals surface area contributed by atoms with Gasteiger partial charge in [-0.3, -0.25) is 14.8 Å². The van der Waals surface area contributed by atoms with Gasteiger partial charge in [0.25, 0.3) is 0 Å². The summed E-state index contributed by atoms with van der Waals surface area (Å²) in [6.45, 7) is 0.0993. The number of aromatic nitrogens is 2. The molecule has 0 fully saturated rings. The van der Waals surface area contributed by atoms with Gasteiger partial charge in [0.2, 0.25) is 0 Å². The zero-order chi connectivity index (χ0) is 14.1. The molecule has 3 N–H and O–H groups in total. The van der Waals surface area contributed by atoms with E-state index in [1.54, 1.807) is 24.4 Å². The number of nitrogen functional groups attached to an aromatic ring is 1. The molecule has 1 amide bonds. The largest absolute Gasteiger partial charge is 0.459 e. The number of nitrogens with one attached hydrogen (secondary N) is 1. The van der Waals surface area contributed by atoms with E-state index >= 15 is 0 Å². The van der Waals surface area contributed by atoms with Crippen LogP contribution in [0.3, 0.4) is 0 Å². The number of hydrogen-bond donors (Lipinski definition) is 2. The lowest BCUT2D eigenvalue weighted by molar-refractivity contribution is 0.0924. The second-order valence-electron chi connectivity index (χ2n) is 4.03. The topological polar surface area (TPSA) is 116 Å². The Hall–Kier alpha value is -2.87. The highest BCUT2D eigenvalue weighted by molar-refractivity contribution is 5.92. The SMILES string of the molecule is NNC(=O)c1occc1Cn1c(=O)oc2cccnc21. The van der Waals surface area contributed by atoms with Crippen LogP contribution in [-0.4, -0.2) is 15.5 Å². The summed E-state index contributed by atoms with van der Waals surface area (Å²) in [6.07, 6.45) is 2.90. The molecule has 3 rings (SSSR count). The van der Waals surface area contributed by atoms with Crippen molar-refractivity contribution in [1.82, 2.24) is 15.0 Å². The molecule has 0 saturated carbocycles. The average molecular weight is 274 g/mol. The van der Waals surface area contributed by atoms with Gasteiger partial charge in [0.1, 0.15) is 0 Å². The van der Waals surface area contributed by atoms with Gasteiger partial charge in [0.05, 0.1) is 12.8 Å². The Labute approximate surface area is 111 Å². The number of nitrogens with two attached hydrogens (primary N) is 1. The number of pyridine rings is 1. The van der Waals surface area contributed by atoms with Gasteiger partial charge < -0.3 is 8.83 Å². The van der Waals surface area contributed by atoms with Crippen LogP contribution in [0.15, 0.2) is 44.3 Å². The molecular weight excluding hydrogens is 264 g/mol. The predicted octanol–water partition coefficient (Wildman–Crippen LogP) is 0.234. The summed E-state index contributed by atoms with van der Waals surface area (Å²) in [6, 6.07) is 4.89. The molecule has 8 heteroatoms. The smallest absolute Gasteiger partial charge is 0.421 e. The average Bonchev–Trinajstić information content (AvgIpc) is 3.04. The number of amides is 1. The van der Waals surface area contributed by atoms with Crippen molar-refractivity contribution in [2.45, 2.75) is 6.54 Å². The molecule has 0 radical (unpaired) electrons. The number of hydrazine groups is 1. The monoisotopic (exact) mass is 274 g/mol. The number of nitrogens with zero attached hydrogens (tertiary/aromatic N) is 2. The van der Waals surface area contributed by atoms with Gasteiger partial charge in [0, 0.05) is 11.8 Å². The maximum absolute atomic E-state index is 11.8. The molecule has 3 aromatic heterocycles. The second-order valence-corrected chi connectivity index (χ2v) is 4.03. The quantitative estimate of drug-likeness (QED) is 0.401. The standard InChI is InChI=1S/C12H10N4O4/c13-15-11(17)9-7(3-5-19-9)6-16-10-8(20-12(16)18)2-1-4-14-10/h1-5H,6,13H2,(H,15,17). The molecule has 0 aliphatic rings. The number of furan rings is 1. The number of carbonyl (C=O) groups excluding carboxylic acids is 1. The van der Waals surface area contributed by atoms with E-state index in [0.29, 0.717) is 16.8 Å². The molecule has 0 unspecified atom stereocenters. The number of oxazole rings is 1. The summed E-state index contributed by atoms with van der Waals surface area (Å²) < 4.78 is 11.4. The highest BCUT2D eigenvalue weighted by Crippen LogP contribution is 2.15. The minimum absolute atomic E-state index is 0.0460. The Balaban J connectivity index is 2.06. The van der Waals surface area contributed by atoms with Crippen LogP contribution < -0.4 is 17.0 Å². The lowest BCUT2D eigenvalue weighted by atomic mass is 10.2. The second kappa shape index (κ2) is 4.67. The summed E-state index contributed by atoms with van der Waals surface area (Å²) in [5, 5.41) is 0. The van der Waals surface area contributed by atoms with E-state index in [1.807, 2.05) is 5.43 Å². The van der Waals surface area contributed by atoms with Gasteiger partial charge in [-0.05, 0) is 18.2 Å². The Morgan fingerprint density at radius 2 is 2.30 bits per heavy atom. The molecule has 20 heavy (non-hydrogen) atoms. The predicted molar refractivity (Wildman–Crippen MR) is 67.7 cm³/mol. The molecule has 0 atom stereocenters. The minimum Gasteiger partial charge on any atom is -0.459 e. The number of hydrogen-bond acceptors (Lipinski definition) is 6. The molecule has 0 saturated heterocycles. The summed E-state index contributed by atoms with van der Waals surface area (Å²) >= 11 is 0. The first-order chi connectivity index (χ1) is 9.70. The first-order valence-electron chi connectivity index (χ1n) is 5.72. The molecule has 0 aromatic carbocycles. The molecule has 3 heterocycles. The normalized spacial score (nSPS) is 10.8. The van der Waals surface area contributed by atoms with Crippen LogP contribution >= 0.6 is 0 Å². The third-order valence-electron chi connectivity index (χ3n) is 2.84. The van der Waals surface area contributed by atoms with Crippen LogP contribution in [-0.2, 0) is 6.54 Å². The summed E-state index contributed by atoms with van der Waals surface area (Å²) in [7, 11) is 0. The van der Waals surface area contributed by atoms with Crippen molar-refractivity contribution < 1.29 is 13.6 Å². The fourth-order valence-corrected chi connectivity index (χ4v) is 1.93. The van der Waals surface area contributed by atoms with E-state index in [1.165, 1.54) is 10.8 Å². The van der Waals surface area contributed by atoms with Crippen LogP contribution in [0.4, 0.5) is 0 Å². The molecule has 0 aliphatic heterocycles. The Bertz CT molecular complexity index is 829. The molecule has 0 bridgehead atoms. The van der Waals surface area contributed by atoms with Crippen molar-refractivity contribution in [3.63, 3.8) is 0 Å². The van der Waals surface area contributed by atoms with Crippen molar-refractivity contribution in [3.05, 3.63) is 52.5 Å². The first-order valence-corrected chi connectivity index (χ1v) is 5.72. The van der Waals surface area contributed by atoms with E-state index in [9.17, 15) is 9.59 Å². The Morgan fingerprint density at radius 1 is 1.45 bits per heavy atom. The summed E-state index contributed by atoms with van der Waals surface area (Å²) in [5.41, 5.74) is 3.26. The number of fused-ring (bicyclic) bond motifs is 1. The van der Waals surface area contributed by atoms with Crippen molar-refractivity contribution in [2.24, 2.45) is 5.84 Å². The molecule has 0 aliphatic carbocycles. The summed E-state index contributed by atoms with van der Waals surface area (Å²) in [4.78, 5) is 27.4. The zero-order valence-electron chi connectivity index (χ0n) is 10.2. The van der Waals surface area contributed by atoms with Crippen LogP contribution in [0, 0.1) is 0 Å². The van der Waals surface area contributed by atoms with Crippen LogP contribution in [0.5, 0.6) is 0 Å². The van der Waals surface area contributed by atoms with E-state index in [4.69, 9.17) is 14.7 Å². The van der Waals surface area contributed by atoms with Gasteiger partial charge in [-0.15, -0.1) is 0 Å². The summed E-state index contributed by atoms with van der Waals surface area (Å²) in [5.74, 6) is 3.99. The van der Waals surface area contributed by atoms with Gasteiger partial charge in [-0.1, -0.05) is 0 Å². The maximum Gasteiger partial charge on any atom is 0.421 e. The van der Waals surface area contributed by atoms with Gasteiger partial charge in [0.15, 0.2) is 17.0 Å². The maximum atomic E-state index is 11.8. The molecular formula is C12H10N4O4. The highest BCUT2D eigenvalue weighted by Gasteiger charge is 2.17. The third kappa shape index (κ3) is 1.88. The molecule has 3 aromatic rings. The zero-order valence-corrected chi connectivity index (χ0v) is 10.2. The van der Waals surface area contributed by atoms with E-state index in [2.05, 4.69) is 4.98 Å². The Morgan fingerprint density at radius 3 is 3.10 bits per heavy atom. The highest BCUT2D eigenvalue weighted by atomic mass is 16.4. The third-order valence-corrected chi connectivity index (χ3v) is 2.84. The first kappa shape index (κ1) is 12.2. The fourth-order valence-electron chi connectivity index (χ4n) is 1.93. The lowest BCUT2D eigenvalue weighted by Crippen LogP contribution is -2.30. The fraction of sp³-hybridized carbons (Fsp3) is 0.0833. The lowest BCUT2D eigenvalue weighted by Gasteiger charge is -2.02. The van der Waals surface area contributed by atoms with Crippen LogP contribution in [0.1, 0.15) is 16.1 Å². The van der Waals surface area contributed by atoms with Gasteiger partial charge in [-0.2, -0.15) is 0 Å². The van der Waals surface area contributed by atoms with E-state index < -0.39 is 11.7 Å². The molecule has 8 nitrogen and oxygen atoms in total. The van der Waals surface area contributed by atoms with Gasteiger partial charge >= 0.3 is 11.7 Å².